The van der Waals surface area contributed by atoms with E-state index in [0.29, 0.717) is 24.0 Å². The predicted octanol–water partition coefficient (Wildman–Crippen LogP) is 1.32. The van der Waals surface area contributed by atoms with Crippen LogP contribution in [0.3, 0.4) is 0 Å². The number of pyridine rings is 1. The van der Waals surface area contributed by atoms with Gasteiger partial charge in [-0.2, -0.15) is 0 Å². The Balaban J connectivity index is 1.58. The number of furan rings is 1. The molecule has 2 N–H and O–H groups in total. The second-order valence-corrected chi connectivity index (χ2v) is 5.40. The van der Waals surface area contributed by atoms with Crippen LogP contribution in [0.4, 0.5) is 0 Å². The van der Waals surface area contributed by atoms with Crippen LogP contribution in [-0.4, -0.2) is 30.0 Å². The van der Waals surface area contributed by atoms with E-state index in [2.05, 4.69) is 10.3 Å². The lowest BCUT2D eigenvalue weighted by Gasteiger charge is -2.06. The number of hydrogen-bond donors (Lipinski definition) is 2. The second kappa shape index (κ2) is 6.51. The van der Waals surface area contributed by atoms with Crippen LogP contribution in [-0.2, 0) is 9.53 Å². The van der Waals surface area contributed by atoms with Crippen molar-refractivity contribution in [2.24, 2.45) is 5.92 Å². The lowest BCUT2D eigenvalue weighted by molar-refractivity contribution is -0.142. The van der Waals surface area contributed by atoms with Crippen LogP contribution in [0.1, 0.15) is 23.2 Å². The van der Waals surface area contributed by atoms with Crippen LogP contribution >= 0.6 is 0 Å². The monoisotopic (exact) mass is 316 g/mol. The standard InChI is InChI=1S/C16H16N2O5/c19-14(23-9-10-3-4-10)8-17-15(20)11-5-6-12(18-16(11)21)13-2-1-7-22-13/h1-2,5-7,10H,3-4,8-9H2,(H,17,20)(H,18,21). The van der Waals surface area contributed by atoms with Crippen LogP contribution in [0, 0.1) is 5.92 Å². The van der Waals surface area contributed by atoms with E-state index in [1.807, 2.05) is 0 Å². The zero-order valence-corrected chi connectivity index (χ0v) is 12.3. The zero-order valence-electron chi connectivity index (χ0n) is 12.3. The van der Waals surface area contributed by atoms with Crippen molar-refractivity contribution in [1.29, 1.82) is 0 Å². The van der Waals surface area contributed by atoms with E-state index >= 15 is 0 Å². The maximum Gasteiger partial charge on any atom is 0.325 e. The summed E-state index contributed by atoms with van der Waals surface area (Å²) in [6.07, 6.45) is 3.65. The molecule has 1 fully saturated rings. The van der Waals surface area contributed by atoms with Crippen molar-refractivity contribution >= 4 is 11.9 Å². The first-order chi connectivity index (χ1) is 11.1. The number of ether oxygens (including phenoxy) is 1. The number of rotatable bonds is 6. The highest BCUT2D eigenvalue weighted by Gasteiger charge is 2.23. The summed E-state index contributed by atoms with van der Waals surface area (Å²) in [6, 6.07) is 6.35. The summed E-state index contributed by atoms with van der Waals surface area (Å²) >= 11 is 0. The summed E-state index contributed by atoms with van der Waals surface area (Å²) in [6.45, 7) is 0.137. The molecule has 2 heterocycles. The van der Waals surface area contributed by atoms with Crippen molar-refractivity contribution in [2.75, 3.05) is 13.2 Å². The molecule has 7 nitrogen and oxygen atoms in total. The normalized spacial score (nSPS) is 13.6. The Morgan fingerprint density at radius 3 is 2.78 bits per heavy atom. The summed E-state index contributed by atoms with van der Waals surface area (Å²) < 4.78 is 10.2. The van der Waals surface area contributed by atoms with E-state index in [1.165, 1.54) is 12.3 Å². The number of H-pyrrole nitrogens is 1. The molecule has 3 rings (SSSR count). The highest BCUT2D eigenvalue weighted by molar-refractivity contribution is 5.95. The highest BCUT2D eigenvalue weighted by Crippen LogP contribution is 2.28. The number of hydrogen-bond acceptors (Lipinski definition) is 5. The summed E-state index contributed by atoms with van der Waals surface area (Å²) in [5.41, 5.74) is -0.154. The average molecular weight is 316 g/mol. The van der Waals surface area contributed by atoms with E-state index in [4.69, 9.17) is 9.15 Å². The minimum atomic E-state index is -0.624. The molecule has 23 heavy (non-hydrogen) atoms. The van der Waals surface area contributed by atoms with Gasteiger partial charge in [0.2, 0.25) is 0 Å². The maximum absolute atomic E-state index is 12.0. The Morgan fingerprint density at radius 1 is 1.30 bits per heavy atom. The van der Waals surface area contributed by atoms with Crippen LogP contribution in [0.15, 0.2) is 39.7 Å². The van der Waals surface area contributed by atoms with Gasteiger partial charge in [0.25, 0.3) is 11.5 Å². The molecule has 0 aromatic carbocycles. The summed E-state index contributed by atoms with van der Waals surface area (Å²) in [4.78, 5) is 38.0. The van der Waals surface area contributed by atoms with Gasteiger partial charge in [-0.25, -0.2) is 0 Å². The van der Waals surface area contributed by atoms with Gasteiger partial charge in [-0.1, -0.05) is 0 Å². The van der Waals surface area contributed by atoms with Crippen LogP contribution in [0.2, 0.25) is 0 Å². The number of esters is 1. The van der Waals surface area contributed by atoms with Gasteiger partial charge in [0.15, 0.2) is 0 Å². The molecular formula is C16H16N2O5. The maximum atomic E-state index is 12.0. The minimum Gasteiger partial charge on any atom is -0.464 e. The largest absolute Gasteiger partial charge is 0.464 e. The third kappa shape index (κ3) is 3.88. The molecule has 1 aliphatic carbocycles. The van der Waals surface area contributed by atoms with Crippen LogP contribution in [0.5, 0.6) is 0 Å². The predicted molar refractivity (Wildman–Crippen MR) is 80.8 cm³/mol. The molecule has 2 aromatic heterocycles. The zero-order chi connectivity index (χ0) is 16.2. The van der Waals surface area contributed by atoms with E-state index < -0.39 is 17.4 Å². The van der Waals surface area contributed by atoms with Crippen molar-refractivity contribution < 1.29 is 18.7 Å². The van der Waals surface area contributed by atoms with E-state index in [9.17, 15) is 14.4 Å². The second-order valence-electron chi connectivity index (χ2n) is 5.40. The SMILES string of the molecule is O=C(CNC(=O)c1ccc(-c2ccco2)[nH]c1=O)OCC1CC1. The fraction of sp³-hybridized carbons (Fsp3) is 0.312. The Bertz CT molecular complexity index is 759. The molecule has 1 saturated carbocycles. The van der Waals surface area contributed by atoms with Gasteiger partial charge in [-0.05, 0) is 43.0 Å². The lowest BCUT2D eigenvalue weighted by Crippen LogP contribution is -2.34. The third-order valence-electron chi connectivity index (χ3n) is 3.51. The average Bonchev–Trinajstić information content (AvgIpc) is 3.21. The smallest absolute Gasteiger partial charge is 0.325 e. The van der Waals surface area contributed by atoms with Gasteiger partial charge >= 0.3 is 5.97 Å². The van der Waals surface area contributed by atoms with Gasteiger partial charge < -0.3 is 19.5 Å². The number of nitrogens with one attached hydrogen (secondary N) is 2. The van der Waals surface area contributed by atoms with Gasteiger partial charge in [-0.3, -0.25) is 14.4 Å². The molecule has 120 valence electrons. The summed E-state index contributed by atoms with van der Waals surface area (Å²) in [7, 11) is 0. The van der Waals surface area contributed by atoms with Gasteiger partial charge in [-0.15, -0.1) is 0 Å². The first-order valence-corrected chi connectivity index (χ1v) is 7.34. The highest BCUT2D eigenvalue weighted by atomic mass is 16.5. The fourth-order valence-electron chi connectivity index (χ4n) is 2.02. The Morgan fingerprint density at radius 2 is 2.13 bits per heavy atom. The molecule has 2 aromatic rings. The number of aromatic amines is 1. The molecular weight excluding hydrogens is 300 g/mol. The van der Waals surface area contributed by atoms with Crippen molar-refractivity contribution in [3.63, 3.8) is 0 Å². The first-order valence-electron chi connectivity index (χ1n) is 7.34. The number of carbonyl (C=O) groups excluding carboxylic acids is 2. The fourth-order valence-corrected chi connectivity index (χ4v) is 2.02. The Labute approximate surface area is 131 Å². The van der Waals surface area contributed by atoms with Gasteiger partial charge in [0, 0.05) is 0 Å². The molecule has 7 heteroatoms. The van der Waals surface area contributed by atoms with Crippen molar-refractivity contribution in [3.05, 3.63) is 46.4 Å². The van der Waals surface area contributed by atoms with E-state index in [0.717, 1.165) is 12.8 Å². The first kappa shape index (κ1) is 15.1. The van der Waals surface area contributed by atoms with E-state index in [1.54, 1.807) is 18.2 Å². The molecule has 0 spiro atoms. The third-order valence-corrected chi connectivity index (χ3v) is 3.51. The molecule has 0 unspecified atom stereocenters. The molecule has 0 atom stereocenters. The topological polar surface area (TPSA) is 101 Å². The van der Waals surface area contributed by atoms with Gasteiger partial charge in [0.05, 0.1) is 18.6 Å². The summed E-state index contributed by atoms with van der Waals surface area (Å²) in [5.74, 6) is -0.168. The number of aromatic nitrogens is 1. The summed E-state index contributed by atoms with van der Waals surface area (Å²) in [5, 5.41) is 2.38. The molecule has 0 saturated heterocycles. The quantitative estimate of drug-likeness (QED) is 0.783. The number of amides is 1. The molecule has 0 radical (unpaired) electrons. The minimum absolute atomic E-state index is 0.0738. The molecule has 1 amide bonds. The number of carbonyl (C=O) groups is 2. The van der Waals surface area contributed by atoms with Crippen molar-refractivity contribution in [3.8, 4) is 11.5 Å². The van der Waals surface area contributed by atoms with Crippen LogP contribution < -0.4 is 10.9 Å². The Hall–Kier alpha value is -2.83. The van der Waals surface area contributed by atoms with Gasteiger partial charge in [0.1, 0.15) is 17.9 Å². The van der Waals surface area contributed by atoms with Crippen molar-refractivity contribution in [1.82, 2.24) is 10.3 Å². The molecule has 1 aliphatic rings. The lowest BCUT2D eigenvalue weighted by atomic mass is 10.2. The van der Waals surface area contributed by atoms with Crippen molar-refractivity contribution in [2.45, 2.75) is 12.8 Å². The molecule has 0 aliphatic heterocycles. The van der Waals surface area contributed by atoms with E-state index in [-0.39, 0.29) is 12.1 Å². The van der Waals surface area contributed by atoms with Crippen LogP contribution in [0.25, 0.3) is 11.5 Å². The molecule has 0 bridgehead atoms. The Kier molecular flexibility index (Phi) is 4.27.